The smallest absolute Gasteiger partial charge is 0.235 e. The maximum absolute atomic E-state index is 12.7. The van der Waals surface area contributed by atoms with E-state index in [0.717, 1.165) is 37.2 Å². The molecule has 0 atom stereocenters. The van der Waals surface area contributed by atoms with Gasteiger partial charge in [-0.1, -0.05) is 29.8 Å². The first-order valence-corrected chi connectivity index (χ1v) is 8.05. The minimum Gasteiger partial charge on any atom is -0.323 e. The summed E-state index contributed by atoms with van der Waals surface area (Å²) in [5.74, 6) is 0.0789. The molecule has 1 N–H and O–H groups in total. The summed E-state index contributed by atoms with van der Waals surface area (Å²) in [5, 5.41) is 7.34. The van der Waals surface area contributed by atoms with Crippen LogP contribution in [-0.2, 0) is 16.8 Å². The van der Waals surface area contributed by atoms with Gasteiger partial charge in [0, 0.05) is 12.7 Å². The Hall–Kier alpha value is -2.14. The number of anilines is 1. The molecule has 1 aliphatic rings. The summed E-state index contributed by atoms with van der Waals surface area (Å²) >= 11 is 0. The van der Waals surface area contributed by atoms with Crippen molar-refractivity contribution in [3.63, 3.8) is 0 Å². The molecule has 2 aromatic rings. The molecule has 0 unspecified atom stereocenters. The third-order valence-corrected chi connectivity index (χ3v) is 4.42. The van der Waals surface area contributed by atoms with Crippen LogP contribution >= 0.6 is 0 Å². The van der Waals surface area contributed by atoms with Crippen LogP contribution in [0.15, 0.2) is 36.7 Å². The van der Waals surface area contributed by atoms with Gasteiger partial charge in [-0.05, 0) is 39.4 Å². The van der Waals surface area contributed by atoms with Crippen LogP contribution in [0, 0.1) is 6.92 Å². The molecular weight excluding hydrogens is 288 g/mol. The van der Waals surface area contributed by atoms with Crippen LogP contribution in [0.2, 0.25) is 0 Å². The average Bonchev–Trinajstić information content (AvgIpc) is 3.21. The second-order valence-electron chi connectivity index (χ2n) is 6.70. The first kappa shape index (κ1) is 15.7. The third-order valence-electron chi connectivity index (χ3n) is 4.42. The molecule has 122 valence electrons. The van der Waals surface area contributed by atoms with Crippen molar-refractivity contribution in [1.29, 1.82) is 0 Å². The lowest BCUT2D eigenvalue weighted by Gasteiger charge is -2.15. The van der Waals surface area contributed by atoms with E-state index < -0.39 is 0 Å². The highest BCUT2D eigenvalue weighted by atomic mass is 16.2. The van der Waals surface area contributed by atoms with Crippen LogP contribution in [0.1, 0.15) is 24.0 Å². The van der Waals surface area contributed by atoms with Gasteiger partial charge in [0.25, 0.3) is 0 Å². The van der Waals surface area contributed by atoms with Gasteiger partial charge < -0.3 is 10.2 Å². The summed E-state index contributed by atoms with van der Waals surface area (Å²) in [7, 11) is 4.07. The molecule has 3 rings (SSSR count). The largest absolute Gasteiger partial charge is 0.323 e. The van der Waals surface area contributed by atoms with Crippen molar-refractivity contribution < 1.29 is 4.79 Å². The number of aryl methyl sites for hydroxylation is 1. The Kier molecular flexibility index (Phi) is 4.22. The van der Waals surface area contributed by atoms with Crippen molar-refractivity contribution in [2.45, 2.75) is 31.7 Å². The minimum atomic E-state index is -0.349. The Morgan fingerprint density at radius 3 is 2.83 bits per heavy atom. The molecule has 1 aliphatic carbocycles. The summed E-state index contributed by atoms with van der Waals surface area (Å²) in [6, 6.07) is 8.26. The van der Waals surface area contributed by atoms with E-state index in [1.165, 1.54) is 5.56 Å². The maximum atomic E-state index is 12.7. The van der Waals surface area contributed by atoms with Gasteiger partial charge in [-0.15, -0.1) is 0 Å². The monoisotopic (exact) mass is 312 g/mol. The van der Waals surface area contributed by atoms with Crippen molar-refractivity contribution in [2.75, 3.05) is 26.0 Å². The number of benzene rings is 1. The molecule has 1 amide bonds. The number of hydrogen-bond donors (Lipinski definition) is 1. The molecule has 5 nitrogen and oxygen atoms in total. The van der Waals surface area contributed by atoms with Gasteiger partial charge in [-0.25, -0.2) is 0 Å². The van der Waals surface area contributed by atoms with Crippen LogP contribution in [0.5, 0.6) is 0 Å². The molecule has 0 radical (unpaired) electrons. The summed E-state index contributed by atoms with van der Waals surface area (Å²) in [6.45, 7) is 3.79. The van der Waals surface area contributed by atoms with E-state index in [2.05, 4.69) is 40.4 Å². The first-order chi connectivity index (χ1) is 11.0. The van der Waals surface area contributed by atoms with Crippen LogP contribution in [0.3, 0.4) is 0 Å². The van der Waals surface area contributed by atoms with Gasteiger partial charge in [-0.3, -0.25) is 9.48 Å². The predicted molar refractivity (Wildman–Crippen MR) is 91.5 cm³/mol. The lowest BCUT2D eigenvalue weighted by molar-refractivity contribution is -0.118. The first-order valence-electron chi connectivity index (χ1n) is 8.05. The van der Waals surface area contributed by atoms with Crippen molar-refractivity contribution in [3.8, 4) is 0 Å². The summed E-state index contributed by atoms with van der Waals surface area (Å²) in [4.78, 5) is 14.8. The quantitative estimate of drug-likeness (QED) is 0.891. The predicted octanol–water partition coefficient (Wildman–Crippen LogP) is 2.42. The van der Waals surface area contributed by atoms with Gasteiger partial charge >= 0.3 is 0 Å². The number of hydrogen-bond acceptors (Lipinski definition) is 3. The zero-order valence-electron chi connectivity index (χ0n) is 14.0. The van der Waals surface area contributed by atoms with E-state index in [4.69, 9.17) is 0 Å². The molecule has 1 aromatic heterocycles. The molecule has 23 heavy (non-hydrogen) atoms. The standard InChI is InChI=1S/C18H24N4O/c1-14-5-4-6-15(11-14)18(7-8-18)17(23)20-16-12-19-22(13-16)10-9-21(2)3/h4-6,11-13H,7-10H2,1-3H3,(H,20,23). The second kappa shape index (κ2) is 6.16. The number of rotatable bonds is 6. The van der Waals surface area contributed by atoms with E-state index in [9.17, 15) is 4.79 Å². The molecule has 1 fully saturated rings. The Morgan fingerprint density at radius 1 is 1.39 bits per heavy atom. The van der Waals surface area contributed by atoms with Gasteiger partial charge in [0.15, 0.2) is 0 Å². The third kappa shape index (κ3) is 3.45. The summed E-state index contributed by atoms with van der Waals surface area (Å²) in [6.07, 6.45) is 5.45. The van der Waals surface area contributed by atoms with Gasteiger partial charge in [0.1, 0.15) is 0 Å². The Balaban J connectivity index is 1.67. The highest BCUT2D eigenvalue weighted by Crippen LogP contribution is 2.49. The highest BCUT2D eigenvalue weighted by molar-refractivity contribution is 6.01. The number of nitrogens with zero attached hydrogens (tertiary/aromatic N) is 3. The van der Waals surface area contributed by atoms with Crippen molar-refractivity contribution in [1.82, 2.24) is 14.7 Å². The highest BCUT2D eigenvalue weighted by Gasteiger charge is 2.51. The van der Waals surface area contributed by atoms with Crippen LogP contribution in [-0.4, -0.2) is 41.2 Å². The van der Waals surface area contributed by atoms with Crippen LogP contribution < -0.4 is 5.32 Å². The number of nitrogens with one attached hydrogen (secondary N) is 1. The van der Waals surface area contributed by atoms with Crippen molar-refractivity contribution >= 4 is 11.6 Å². The summed E-state index contributed by atoms with van der Waals surface area (Å²) < 4.78 is 1.86. The lowest BCUT2D eigenvalue weighted by Crippen LogP contribution is -2.27. The van der Waals surface area contributed by atoms with E-state index in [-0.39, 0.29) is 11.3 Å². The molecular formula is C18H24N4O. The van der Waals surface area contributed by atoms with Gasteiger partial charge in [0.05, 0.1) is 23.8 Å². The molecule has 0 saturated heterocycles. The number of likely N-dealkylation sites (N-methyl/N-ethyl adjacent to an activating group) is 1. The number of aromatic nitrogens is 2. The topological polar surface area (TPSA) is 50.2 Å². The van der Waals surface area contributed by atoms with E-state index in [0.29, 0.717) is 0 Å². The SMILES string of the molecule is Cc1cccc(C2(C(=O)Nc3cnn(CCN(C)C)c3)CC2)c1. The van der Waals surface area contributed by atoms with Crippen molar-refractivity contribution in [3.05, 3.63) is 47.8 Å². The lowest BCUT2D eigenvalue weighted by atomic mass is 9.93. The van der Waals surface area contributed by atoms with E-state index in [1.54, 1.807) is 6.20 Å². The molecule has 1 aromatic carbocycles. The molecule has 0 bridgehead atoms. The zero-order chi connectivity index (χ0) is 16.4. The molecule has 0 aliphatic heterocycles. The Morgan fingerprint density at radius 2 is 2.17 bits per heavy atom. The van der Waals surface area contributed by atoms with Crippen LogP contribution in [0.4, 0.5) is 5.69 Å². The zero-order valence-corrected chi connectivity index (χ0v) is 14.0. The Labute approximate surface area is 137 Å². The fraction of sp³-hybridized carbons (Fsp3) is 0.444. The second-order valence-corrected chi connectivity index (χ2v) is 6.70. The Bertz CT molecular complexity index is 701. The normalized spacial score (nSPS) is 15.7. The minimum absolute atomic E-state index is 0.0789. The molecule has 5 heteroatoms. The van der Waals surface area contributed by atoms with E-state index >= 15 is 0 Å². The fourth-order valence-corrected chi connectivity index (χ4v) is 2.82. The number of amides is 1. The number of carbonyl (C=O) groups excluding carboxylic acids is 1. The number of carbonyl (C=O) groups is 1. The maximum Gasteiger partial charge on any atom is 0.235 e. The fourth-order valence-electron chi connectivity index (χ4n) is 2.82. The van der Waals surface area contributed by atoms with Gasteiger partial charge in [-0.2, -0.15) is 5.10 Å². The van der Waals surface area contributed by atoms with E-state index in [1.807, 2.05) is 31.0 Å². The average molecular weight is 312 g/mol. The van der Waals surface area contributed by atoms with Crippen molar-refractivity contribution in [2.24, 2.45) is 0 Å². The molecule has 0 spiro atoms. The molecule has 1 heterocycles. The molecule has 1 saturated carbocycles. The van der Waals surface area contributed by atoms with Crippen LogP contribution in [0.25, 0.3) is 0 Å². The van der Waals surface area contributed by atoms with Gasteiger partial charge in [0.2, 0.25) is 5.91 Å². The summed E-state index contributed by atoms with van der Waals surface area (Å²) in [5.41, 5.74) is 2.73.